The molecule has 2 unspecified atom stereocenters. The fraction of sp³-hybridized carbons (Fsp3) is 0.529. The van der Waals surface area contributed by atoms with E-state index in [0.29, 0.717) is 24.9 Å². The zero-order chi connectivity index (χ0) is 16.9. The van der Waals surface area contributed by atoms with E-state index in [9.17, 15) is 0 Å². The highest BCUT2D eigenvalue weighted by molar-refractivity contribution is 6.31. The van der Waals surface area contributed by atoms with Crippen molar-refractivity contribution in [3.8, 4) is 0 Å². The van der Waals surface area contributed by atoms with Crippen molar-refractivity contribution in [1.82, 2.24) is 20.4 Å². The van der Waals surface area contributed by atoms with E-state index < -0.39 is 0 Å². The van der Waals surface area contributed by atoms with Gasteiger partial charge in [0.1, 0.15) is 6.10 Å². The molecular formula is C17H23ClN4O2. The predicted octanol–water partition coefficient (Wildman–Crippen LogP) is 2.97. The van der Waals surface area contributed by atoms with Gasteiger partial charge in [0, 0.05) is 37.3 Å². The fourth-order valence-electron chi connectivity index (χ4n) is 2.98. The van der Waals surface area contributed by atoms with Crippen LogP contribution in [-0.4, -0.2) is 41.3 Å². The van der Waals surface area contributed by atoms with Crippen LogP contribution in [0.25, 0.3) is 0 Å². The van der Waals surface area contributed by atoms with Crippen molar-refractivity contribution in [2.45, 2.75) is 32.5 Å². The molecule has 0 radical (unpaired) electrons. The van der Waals surface area contributed by atoms with Gasteiger partial charge in [0.25, 0.3) is 0 Å². The Labute approximate surface area is 147 Å². The average molecular weight is 351 g/mol. The second kappa shape index (κ2) is 8.07. The standard InChI is InChI=1S/C17H23ClN4O2/c1-3-23-12(2)17-20-16(24-21-17)11-22-9-8-19-10-15(22)13-6-4-5-7-14(13)18/h4-7,12,15,19H,3,8-11H2,1-2H3. The molecule has 0 bridgehead atoms. The van der Waals surface area contributed by atoms with Gasteiger partial charge in [0.05, 0.1) is 6.54 Å². The normalized spacial score (nSPS) is 20.2. The molecule has 1 aromatic heterocycles. The first-order valence-electron chi connectivity index (χ1n) is 8.32. The molecule has 1 saturated heterocycles. The molecule has 1 aliphatic rings. The van der Waals surface area contributed by atoms with Gasteiger partial charge in [0.15, 0.2) is 5.82 Å². The summed E-state index contributed by atoms with van der Waals surface area (Å²) in [5.41, 5.74) is 1.12. The molecule has 0 spiro atoms. The Bertz CT molecular complexity index is 664. The maximum atomic E-state index is 6.38. The maximum absolute atomic E-state index is 6.38. The summed E-state index contributed by atoms with van der Waals surface area (Å²) < 4.78 is 10.9. The van der Waals surface area contributed by atoms with Crippen molar-refractivity contribution in [3.63, 3.8) is 0 Å². The third-order valence-corrected chi connectivity index (χ3v) is 4.57. The number of benzene rings is 1. The van der Waals surface area contributed by atoms with Crippen LogP contribution in [0.3, 0.4) is 0 Å². The van der Waals surface area contributed by atoms with Crippen LogP contribution in [0, 0.1) is 0 Å². The lowest BCUT2D eigenvalue weighted by Gasteiger charge is -2.35. The van der Waals surface area contributed by atoms with Gasteiger partial charge in [-0.25, -0.2) is 0 Å². The van der Waals surface area contributed by atoms with Gasteiger partial charge in [-0.15, -0.1) is 0 Å². The molecule has 24 heavy (non-hydrogen) atoms. The van der Waals surface area contributed by atoms with Crippen molar-refractivity contribution in [3.05, 3.63) is 46.6 Å². The van der Waals surface area contributed by atoms with Crippen LogP contribution in [0.5, 0.6) is 0 Å². The van der Waals surface area contributed by atoms with Crippen LogP contribution < -0.4 is 5.32 Å². The largest absolute Gasteiger partial charge is 0.371 e. The Morgan fingerprint density at radius 1 is 1.46 bits per heavy atom. The number of hydrogen-bond donors (Lipinski definition) is 1. The Hall–Kier alpha value is -1.47. The summed E-state index contributed by atoms with van der Waals surface area (Å²) in [5, 5.41) is 8.25. The fourth-order valence-corrected chi connectivity index (χ4v) is 3.24. The number of halogens is 1. The minimum atomic E-state index is -0.158. The van der Waals surface area contributed by atoms with Gasteiger partial charge in [-0.05, 0) is 25.5 Å². The van der Waals surface area contributed by atoms with E-state index in [2.05, 4.69) is 26.4 Å². The number of aromatic nitrogens is 2. The summed E-state index contributed by atoms with van der Waals surface area (Å²) in [6, 6.07) is 8.16. The molecule has 1 aromatic carbocycles. The lowest BCUT2D eigenvalue weighted by molar-refractivity contribution is 0.0683. The number of ether oxygens (including phenoxy) is 1. The molecule has 2 atom stereocenters. The van der Waals surface area contributed by atoms with Gasteiger partial charge in [-0.3, -0.25) is 4.90 Å². The van der Waals surface area contributed by atoms with Crippen LogP contribution in [0.1, 0.15) is 43.3 Å². The zero-order valence-electron chi connectivity index (χ0n) is 14.0. The van der Waals surface area contributed by atoms with Crippen LogP contribution in [-0.2, 0) is 11.3 Å². The number of rotatable bonds is 6. The van der Waals surface area contributed by atoms with Crippen molar-refractivity contribution >= 4 is 11.6 Å². The average Bonchev–Trinajstić information content (AvgIpc) is 3.05. The molecule has 1 aliphatic heterocycles. The summed E-state index contributed by atoms with van der Waals surface area (Å²) in [6.45, 7) is 7.77. The number of piperazine rings is 1. The highest BCUT2D eigenvalue weighted by Crippen LogP contribution is 2.29. The van der Waals surface area contributed by atoms with Crippen molar-refractivity contribution in [1.29, 1.82) is 0 Å². The van der Waals surface area contributed by atoms with Crippen molar-refractivity contribution in [2.75, 3.05) is 26.2 Å². The number of hydrogen-bond acceptors (Lipinski definition) is 6. The summed E-state index contributed by atoms with van der Waals surface area (Å²) in [5.74, 6) is 1.20. The zero-order valence-corrected chi connectivity index (χ0v) is 14.8. The van der Waals surface area contributed by atoms with Gasteiger partial charge >= 0.3 is 0 Å². The van der Waals surface area contributed by atoms with E-state index in [0.717, 1.165) is 30.2 Å². The smallest absolute Gasteiger partial charge is 0.240 e. The lowest BCUT2D eigenvalue weighted by atomic mass is 10.0. The third-order valence-electron chi connectivity index (χ3n) is 4.22. The monoisotopic (exact) mass is 350 g/mol. The molecule has 1 fully saturated rings. The third kappa shape index (κ3) is 3.95. The first kappa shape index (κ1) is 17.4. The van der Waals surface area contributed by atoms with Crippen LogP contribution in [0.4, 0.5) is 0 Å². The Kier molecular flexibility index (Phi) is 5.84. The summed E-state index contributed by atoms with van der Waals surface area (Å²) in [6.07, 6.45) is -0.158. The van der Waals surface area contributed by atoms with E-state index in [1.54, 1.807) is 0 Å². The molecule has 0 saturated carbocycles. The predicted molar refractivity (Wildman–Crippen MR) is 91.8 cm³/mol. The Morgan fingerprint density at radius 2 is 2.29 bits per heavy atom. The van der Waals surface area contributed by atoms with E-state index in [4.69, 9.17) is 20.9 Å². The van der Waals surface area contributed by atoms with Gasteiger partial charge in [-0.2, -0.15) is 4.98 Å². The minimum Gasteiger partial charge on any atom is -0.371 e. The highest BCUT2D eigenvalue weighted by atomic mass is 35.5. The van der Waals surface area contributed by atoms with Crippen LogP contribution in [0.15, 0.2) is 28.8 Å². The second-order valence-electron chi connectivity index (χ2n) is 5.86. The molecule has 2 aromatic rings. The minimum absolute atomic E-state index is 0.158. The van der Waals surface area contributed by atoms with Gasteiger partial charge in [0.2, 0.25) is 5.89 Å². The van der Waals surface area contributed by atoms with Crippen LogP contribution >= 0.6 is 11.6 Å². The molecule has 2 heterocycles. The topological polar surface area (TPSA) is 63.4 Å². The Morgan fingerprint density at radius 3 is 3.08 bits per heavy atom. The van der Waals surface area contributed by atoms with E-state index >= 15 is 0 Å². The van der Waals surface area contributed by atoms with E-state index in [-0.39, 0.29) is 12.1 Å². The Balaban J connectivity index is 1.74. The molecule has 7 heteroatoms. The van der Waals surface area contributed by atoms with Crippen molar-refractivity contribution in [2.24, 2.45) is 0 Å². The first-order valence-corrected chi connectivity index (χ1v) is 8.70. The molecule has 6 nitrogen and oxygen atoms in total. The molecule has 130 valence electrons. The molecule has 1 N–H and O–H groups in total. The molecule has 3 rings (SSSR count). The molecular weight excluding hydrogens is 328 g/mol. The van der Waals surface area contributed by atoms with Crippen LogP contribution in [0.2, 0.25) is 5.02 Å². The lowest BCUT2D eigenvalue weighted by Crippen LogP contribution is -2.45. The summed E-state index contributed by atoms with van der Waals surface area (Å²) >= 11 is 6.38. The summed E-state index contributed by atoms with van der Waals surface area (Å²) in [4.78, 5) is 6.80. The van der Waals surface area contributed by atoms with Crippen molar-refractivity contribution < 1.29 is 9.26 Å². The number of nitrogens with zero attached hydrogens (tertiary/aromatic N) is 3. The molecule has 0 amide bonds. The second-order valence-corrected chi connectivity index (χ2v) is 6.26. The van der Waals surface area contributed by atoms with Gasteiger partial charge < -0.3 is 14.6 Å². The molecule has 0 aliphatic carbocycles. The maximum Gasteiger partial charge on any atom is 0.240 e. The van der Waals surface area contributed by atoms with Gasteiger partial charge in [-0.1, -0.05) is 35.0 Å². The van der Waals surface area contributed by atoms with E-state index in [1.165, 1.54) is 0 Å². The highest BCUT2D eigenvalue weighted by Gasteiger charge is 2.27. The quantitative estimate of drug-likeness (QED) is 0.864. The SMILES string of the molecule is CCOC(C)c1noc(CN2CCNCC2c2ccccc2Cl)n1. The number of nitrogens with one attached hydrogen (secondary N) is 1. The summed E-state index contributed by atoms with van der Waals surface area (Å²) in [7, 11) is 0. The van der Waals surface area contributed by atoms with E-state index in [1.807, 2.05) is 32.0 Å². The first-order chi connectivity index (χ1) is 11.7.